The average Bonchev–Trinajstić information content (AvgIpc) is 2.81. The van der Waals surface area contributed by atoms with Crippen molar-refractivity contribution >= 4 is 39.9 Å². The summed E-state index contributed by atoms with van der Waals surface area (Å²) in [6.07, 6.45) is 2.03. The van der Waals surface area contributed by atoms with Gasteiger partial charge in [0.05, 0.1) is 5.69 Å². The summed E-state index contributed by atoms with van der Waals surface area (Å²) in [5.41, 5.74) is 4.13. The number of aromatic nitrogens is 1. The average molecular weight is 307 g/mol. The summed E-state index contributed by atoms with van der Waals surface area (Å²) in [7, 11) is 0. The molecule has 0 aliphatic rings. The molecule has 0 saturated carbocycles. The van der Waals surface area contributed by atoms with Crippen LogP contribution in [-0.4, -0.2) is 17.3 Å². The van der Waals surface area contributed by atoms with E-state index in [-0.39, 0.29) is 6.03 Å². The zero-order valence-corrected chi connectivity index (χ0v) is 13.3. The van der Waals surface area contributed by atoms with Crippen molar-refractivity contribution in [2.75, 3.05) is 16.9 Å². The molecule has 2 aromatic rings. The lowest BCUT2D eigenvalue weighted by atomic mass is 10.1. The first-order valence-electron chi connectivity index (χ1n) is 6.17. The van der Waals surface area contributed by atoms with Crippen LogP contribution in [0.4, 0.5) is 15.6 Å². The van der Waals surface area contributed by atoms with Crippen LogP contribution >= 0.6 is 23.1 Å². The van der Waals surface area contributed by atoms with Crippen LogP contribution in [0.25, 0.3) is 0 Å². The maximum Gasteiger partial charge on any atom is 0.325 e. The van der Waals surface area contributed by atoms with Crippen LogP contribution in [0, 0.1) is 13.8 Å². The fraction of sp³-hybridized carbons (Fsp3) is 0.286. The molecule has 6 heteroatoms. The van der Waals surface area contributed by atoms with Crippen molar-refractivity contribution in [1.29, 1.82) is 0 Å². The zero-order valence-electron chi connectivity index (χ0n) is 11.7. The second-order valence-electron chi connectivity index (χ2n) is 4.46. The van der Waals surface area contributed by atoms with Crippen LogP contribution in [0.15, 0.2) is 23.6 Å². The number of nitrogens with one attached hydrogen (secondary N) is 2. The van der Waals surface area contributed by atoms with Crippen LogP contribution < -0.4 is 10.6 Å². The van der Waals surface area contributed by atoms with Crippen LogP contribution in [0.1, 0.15) is 16.8 Å². The maximum atomic E-state index is 11.9. The highest BCUT2D eigenvalue weighted by atomic mass is 32.2. The normalized spacial score (nSPS) is 10.3. The smallest absolute Gasteiger partial charge is 0.308 e. The number of hydrogen-bond donors (Lipinski definition) is 2. The van der Waals surface area contributed by atoms with Gasteiger partial charge >= 0.3 is 6.03 Å². The molecule has 0 saturated heterocycles. The van der Waals surface area contributed by atoms with Gasteiger partial charge in [0.1, 0.15) is 0 Å². The molecular weight excluding hydrogens is 290 g/mol. The molecule has 2 N–H and O–H groups in total. The minimum Gasteiger partial charge on any atom is -0.308 e. The topological polar surface area (TPSA) is 54.0 Å². The SMILES string of the molecule is CSCc1csc(NC(=O)Nc2ccc(C)c(C)c2)n1. The van der Waals surface area contributed by atoms with Gasteiger partial charge in [-0.3, -0.25) is 5.32 Å². The number of nitrogens with zero attached hydrogens (tertiary/aromatic N) is 1. The minimum atomic E-state index is -0.265. The van der Waals surface area contributed by atoms with Gasteiger partial charge in [-0.25, -0.2) is 9.78 Å². The van der Waals surface area contributed by atoms with E-state index in [4.69, 9.17) is 0 Å². The first-order chi connectivity index (χ1) is 9.58. The third-order valence-corrected chi connectivity index (χ3v) is 4.22. The molecule has 0 unspecified atom stereocenters. The van der Waals surface area contributed by atoms with E-state index in [2.05, 4.69) is 15.6 Å². The molecule has 0 aliphatic heterocycles. The van der Waals surface area contributed by atoms with E-state index in [0.29, 0.717) is 5.13 Å². The molecule has 0 atom stereocenters. The Labute approximate surface area is 127 Å². The van der Waals surface area contributed by atoms with Crippen LogP contribution in [0.5, 0.6) is 0 Å². The molecule has 4 nitrogen and oxygen atoms in total. The van der Waals surface area contributed by atoms with E-state index in [1.165, 1.54) is 16.9 Å². The third-order valence-electron chi connectivity index (χ3n) is 2.83. The summed E-state index contributed by atoms with van der Waals surface area (Å²) in [6, 6.07) is 5.57. The monoisotopic (exact) mass is 307 g/mol. The van der Waals surface area contributed by atoms with E-state index in [1.807, 2.05) is 43.7 Å². The Morgan fingerprint density at radius 2 is 2.10 bits per heavy atom. The standard InChI is InChI=1S/C14H17N3OS2/c1-9-4-5-11(6-10(9)2)15-13(18)17-14-16-12(7-19-3)8-20-14/h4-6,8H,7H2,1-3H3,(H2,15,16,17,18). The molecule has 2 rings (SSSR count). The summed E-state index contributed by atoms with van der Waals surface area (Å²) >= 11 is 3.15. The second kappa shape index (κ2) is 6.76. The van der Waals surface area contributed by atoms with Crippen LogP contribution in [0.3, 0.4) is 0 Å². The third kappa shape index (κ3) is 3.98. The van der Waals surface area contributed by atoms with Crippen molar-refractivity contribution in [2.24, 2.45) is 0 Å². The summed E-state index contributed by atoms with van der Waals surface area (Å²) in [4.78, 5) is 16.2. The number of thiazole rings is 1. The highest BCUT2D eigenvalue weighted by Crippen LogP contribution is 2.19. The van der Waals surface area contributed by atoms with E-state index in [1.54, 1.807) is 11.8 Å². The number of carbonyl (C=O) groups excluding carboxylic acids is 1. The van der Waals surface area contributed by atoms with Crippen molar-refractivity contribution in [3.05, 3.63) is 40.4 Å². The van der Waals surface area contributed by atoms with E-state index >= 15 is 0 Å². The van der Waals surface area contributed by atoms with Gasteiger partial charge < -0.3 is 5.32 Å². The number of urea groups is 1. The van der Waals surface area contributed by atoms with E-state index in [9.17, 15) is 4.79 Å². The minimum absolute atomic E-state index is 0.265. The number of benzene rings is 1. The van der Waals surface area contributed by atoms with Crippen LogP contribution in [0.2, 0.25) is 0 Å². The quantitative estimate of drug-likeness (QED) is 0.887. The fourth-order valence-corrected chi connectivity index (χ4v) is 2.91. The van der Waals surface area contributed by atoms with Gasteiger partial charge in [0.2, 0.25) is 0 Å². The molecule has 0 aliphatic carbocycles. The van der Waals surface area contributed by atoms with Gasteiger partial charge in [-0.2, -0.15) is 11.8 Å². The molecule has 1 aromatic carbocycles. The molecule has 1 aromatic heterocycles. The predicted octanol–water partition coefficient (Wildman–Crippen LogP) is 4.27. The predicted molar refractivity (Wildman–Crippen MR) is 87.9 cm³/mol. The largest absolute Gasteiger partial charge is 0.325 e. The van der Waals surface area contributed by atoms with Crippen molar-refractivity contribution in [3.63, 3.8) is 0 Å². The molecular formula is C14H17N3OS2. The van der Waals surface area contributed by atoms with E-state index in [0.717, 1.165) is 22.7 Å². The van der Waals surface area contributed by atoms with Gasteiger partial charge in [-0.05, 0) is 43.4 Å². The Morgan fingerprint density at radius 1 is 1.30 bits per heavy atom. The number of rotatable bonds is 4. The van der Waals surface area contributed by atoms with Gasteiger partial charge in [0.25, 0.3) is 0 Å². The maximum absolute atomic E-state index is 11.9. The Balaban J connectivity index is 1.95. The summed E-state index contributed by atoms with van der Waals surface area (Å²) in [6.45, 7) is 4.07. The summed E-state index contributed by atoms with van der Waals surface area (Å²) < 4.78 is 0. The van der Waals surface area contributed by atoms with Crippen molar-refractivity contribution in [1.82, 2.24) is 4.98 Å². The van der Waals surface area contributed by atoms with Gasteiger partial charge in [0.15, 0.2) is 5.13 Å². The fourth-order valence-electron chi connectivity index (χ4n) is 1.66. The van der Waals surface area contributed by atoms with Gasteiger partial charge in [-0.1, -0.05) is 6.07 Å². The number of aryl methyl sites for hydroxylation is 2. The van der Waals surface area contributed by atoms with Gasteiger partial charge in [-0.15, -0.1) is 11.3 Å². The summed E-state index contributed by atoms with van der Waals surface area (Å²) in [5, 5.41) is 8.14. The van der Waals surface area contributed by atoms with Gasteiger partial charge in [0, 0.05) is 16.8 Å². The molecule has 0 bridgehead atoms. The number of hydrogen-bond acceptors (Lipinski definition) is 4. The zero-order chi connectivity index (χ0) is 14.5. The molecule has 20 heavy (non-hydrogen) atoms. The molecule has 0 spiro atoms. The molecule has 0 radical (unpaired) electrons. The molecule has 0 fully saturated rings. The van der Waals surface area contributed by atoms with Crippen molar-refractivity contribution in [2.45, 2.75) is 19.6 Å². The van der Waals surface area contributed by atoms with Crippen molar-refractivity contribution < 1.29 is 4.79 Å². The van der Waals surface area contributed by atoms with Crippen LogP contribution in [-0.2, 0) is 5.75 Å². The molecule has 2 amide bonds. The molecule has 1 heterocycles. The number of amides is 2. The Bertz CT molecular complexity index is 610. The number of thioether (sulfide) groups is 1. The lowest BCUT2D eigenvalue weighted by molar-refractivity contribution is 0.262. The highest BCUT2D eigenvalue weighted by Gasteiger charge is 2.07. The van der Waals surface area contributed by atoms with Crippen molar-refractivity contribution in [3.8, 4) is 0 Å². The Morgan fingerprint density at radius 3 is 2.80 bits per heavy atom. The highest BCUT2D eigenvalue weighted by molar-refractivity contribution is 7.97. The van der Waals surface area contributed by atoms with E-state index < -0.39 is 0 Å². The number of anilines is 2. The first-order valence-corrected chi connectivity index (χ1v) is 8.44. The Hall–Kier alpha value is -1.53. The number of carbonyl (C=O) groups is 1. The Kier molecular flexibility index (Phi) is 5.03. The lowest BCUT2D eigenvalue weighted by Gasteiger charge is -2.07. The first kappa shape index (κ1) is 14.9. The second-order valence-corrected chi connectivity index (χ2v) is 6.18. The summed E-state index contributed by atoms with van der Waals surface area (Å²) in [5.74, 6) is 0.858. The lowest BCUT2D eigenvalue weighted by Crippen LogP contribution is -2.19. The molecule has 106 valence electrons.